The Morgan fingerprint density at radius 1 is 1.11 bits per heavy atom. The van der Waals surface area contributed by atoms with Crippen LogP contribution in [-0.2, 0) is 9.53 Å². The minimum Gasteiger partial charge on any atom is -0.481 e. The molecule has 2 N–H and O–H groups in total. The topological polar surface area (TPSA) is 70.1 Å². The van der Waals surface area contributed by atoms with Gasteiger partial charge in [0.25, 0.3) is 0 Å². The molecule has 1 saturated heterocycles. The van der Waals surface area contributed by atoms with Crippen LogP contribution < -0.4 is 0 Å². The summed E-state index contributed by atoms with van der Waals surface area (Å²) in [6.07, 6.45) is 18.5. The molecule has 0 saturated carbocycles. The van der Waals surface area contributed by atoms with Crippen molar-refractivity contribution in [3.05, 3.63) is 24.3 Å². The van der Waals surface area contributed by atoms with E-state index in [0.29, 0.717) is 12.8 Å². The number of unbranched alkanes of at least 4 members (excludes halogenated alkanes) is 5. The normalized spacial score (nSPS) is 21.1. The van der Waals surface area contributed by atoms with Crippen LogP contribution in [0.1, 0.15) is 84.5 Å². The van der Waals surface area contributed by atoms with Crippen molar-refractivity contribution in [2.45, 2.75) is 102 Å². The molecular weight excluding hydrogens is 340 g/mol. The predicted molar refractivity (Wildman–Crippen MR) is 109 cm³/mol. The van der Waals surface area contributed by atoms with E-state index in [0.717, 1.165) is 32.1 Å². The highest BCUT2D eigenvalue weighted by atomic mass is 16.6. The fraction of sp³-hybridized carbons (Fsp3) is 0.696. The first kappa shape index (κ1) is 23.5. The average Bonchev–Trinajstić information content (AvgIpc) is 3.40. The number of aliphatic carboxylic acids is 1. The zero-order chi connectivity index (χ0) is 20.0. The summed E-state index contributed by atoms with van der Waals surface area (Å²) in [5, 5.41) is 19.0. The van der Waals surface area contributed by atoms with Crippen molar-refractivity contribution < 1.29 is 19.7 Å². The van der Waals surface area contributed by atoms with Gasteiger partial charge in [-0.05, 0) is 39.0 Å². The van der Waals surface area contributed by atoms with Crippen LogP contribution in [-0.4, -0.2) is 34.0 Å². The van der Waals surface area contributed by atoms with Gasteiger partial charge in [-0.3, -0.25) is 4.79 Å². The van der Waals surface area contributed by atoms with Crippen LogP contribution >= 0.6 is 0 Å². The van der Waals surface area contributed by atoms with Gasteiger partial charge in [0.1, 0.15) is 6.10 Å². The van der Waals surface area contributed by atoms with E-state index in [1.54, 1.807) is 6.92 Å². The van der Waals surface area contributed by atoms with Crippen molar-refractivity contribution in [3.63, 3.8) is 0 Å². The maximum absolute atomic E-state index is 10.5. The maximum atomic E-state index is 10.5. The Hall–Kier alpha value is -1.57. The largest absolute Gasteiger partial charge is 0.481 e. The third kappa shape index (κ3) is 11.7. The summed E-state index contributed by atoms with van der Waals surface area (Å²) < 4.78 is 5.56. The van der Waals surface area contributed by atoms with E-state index in [2.05, 4.69) is 37.0 Å². The molecule has 3 unspecified atom stereocenters. The number of allylic oxidation sites excluding steroid dienone is 4. The number of carbonyl (C=O) groups is 1. The number of hydrogen-bond acceptors (Lipinski definition) is 3. The van der Waals surface area contributed by atoms with Gasteiger partial charge in [0, 0.05) is 12.8 Å². The van der Waals surface area contributed by atoms with Crippen molar-refractivity contribution >= 4 is 5.97 Å². The average molecular weight is 377 g/mol. The molecule has 4 nitrogen and oxygen atoms in total. The molecule has 3 atom stereocenters. The summed E-state index contributed by atoms with van der Waals surface area (Å²) >= 11 is 0. The molecule has 0 amide bonds. The van der Waals surface area contributed by atoms with Gasteiger partial charge in [0.15, 0.2) is 5.60 Å². The first-order chi connectivity index (χ1) is 13.0. The highest BCUT2D eigenvalue weighted by molar-refractivity contribution is 5.66. The Morgan fingerprint density at radius 2 is 1.89 bits per heavy atom. The van der Waals surface area contributed by atoms with Crippen LogP contribution in [0, 0.1) is 11.8 Å². The zero-order valence-corrected chi connectivity index (χ0v) is 17.0. The van der Waals surface area contributed by atoms with Crippen molar-refractivity contribution in [2.75, 3.05) is 0 Å². The van der Waals surface area contributed by atoms with Crippen molar-refractivity contribution in [1.29, 1.82) is 0 Å². The van der Waals surface area contributed by atoms with E-state index in [1.165, 1.54) is 19.3 Å². The lowest BCUT2D eigenvalue weighted by atomic mass is 9.98. The molecule has 1 fully saturated rings. The van der Waals surface area contributed by atoms with Crippen molar-refractivity contribution in [3.8, 4) is 11.8 Å². The second kappa shape index (κ2) is 13.6. The van der Waals surface area contributed by atoms with Crippen molar-refractivity contribution in [1.82, 2.24) is 0 Å². The van der Waals surface area contributed by atoms with E-state index in [-0.39, 0.29) is 18.6 Å². The molecule has 4 heteroatoms. The highest BCUT2D eigenvalue weighted by Gasteiger charge is 2.50. The molecule has 0 aliphatic carbocycles. The first-order valence-electron chi connectivity index (χ1n) is 10.4. The molecule has 0 bridgehead atoms. The Balaban J connectivity index is 2.13. The van der Waals surface area contributed by atoms with Crippen LogP contribution in [0.25, 0.3) is 0 Å². The Morgan fingerprint density at radius 3 is 2.63 bits per heavy atom. The third-order valence-electron chi connectivity index (χ3n) is 4.66. The minimum absolute atomic E-state index is 0.0486. The third-order valence-corrected chi connectivity index (χ3v) is 4.66. The lowest BCUT2D eigenvalue weighted by Gasteiger charge is -2.12. The summed E-state index contributed by atoms with van der Waals surface area (Å²) in [4.78, 5) is 10.5. The Labute approximate surface area is 164 Å². The molecule has 0 aromatic heterocycles. The van der Waals surface area contributed by atoms with Crippen molar-refractivity contribution in [2.24, 2.45) is 0 Å². The van der Waals surface area contributed by atoms with Gasteiger partial charge in [-0.1, -0.05) is 68.8 Å². The molecule has 152 valence electrons. The number of aliphatic hydroxyl groups is 1. The van der Waals surface area contributed by atoms with Crippen LogP contribution in [0.3, 0.4) is 0 Å². The molecule has 1 aliphatic heterocycles. The van der Waals surface area contributed by atoms with Crippen LogP contribution in [0.2, 0.25) is 0 Å². The molecule has 0 spiro atoms. The minimum atomic E-state index is -1.11. The van der Waals surface area contributed by atoms with E-state index >= 15 is 0 Å². The molecule has 0 radical (unpaired) electrons. The summed E-state index contributed by atoms with van der Waals surface area (Å²) in [6.45, 7) is 3.92. The highest BCUT2D eigenvalue weighted by Crippen LogP contribution is 2.35. The Kier molecular flexibility index (Phi) is 11.8. The van der Waals surface area contributed by atoms with Crippen LogP contribution in [0.4, 0.5) is 0 Å². The fourth-order valence-corrected chi connectivity index (χ4v) is 3.00. The molecule has 0 aromatic carbocycles. The van der Waals surface area contributed by atoms with Crippen LogP contribution in [0.15, 0.2) is 24.3 Å². The maximum Gasteiger partial charge on any atom is 0.303 e. The number of carboxylic acids is 1. The number of rotatable bonds is 14. The number of epoxide rings is 1. The lowest BCUT2D eigenvalue weighted by molar-refractivity contribution is -0.137. The monoisotopic (exact) mass is 376 g/mol. The molecule has 0 aromatic rings. The van der Waals surface area contributed by atoms with Gasteiger partial charge in [0.2, 0.25) is 0 Å². The van der Waals surface area contributed by atoms with Gasteiger partial charge < -0.3 is 14.9 Å². The zero-order valence-electron chi connectivity index (χ0n) is 17.0. The summed E-state index contributed by atoms with van der Waals surface area (Å²) in [6, 6.07) is 0. The second-order valence-corrected chi connectivity index (χ2v) is 7.42. The van der Waals surface area contributed by atoms with Gasteiger partial charge in [0.05, 0.1) is 6.10 Å². The SMILES string of the molecule is CCCCC/C=C\C/C=C\CC#CC(C)(O)C1OC1CCCCCC(=O)O. The fourth-order valence-electron chi connectivity index (χ4n) is 3.00. The van der Waals surface area contributed by atoms with E-state index in [1.807, 2.05) is 6.08 Å². The number of hydrogen-bond donors (Lipinski definition) is 2. The lowest BCUT2D eigenvalue weighted by Crippen LogP contribution is -2.30. The van der Waals surface area contributed by atoms with E-state index in [9.17, 15) is 9.90 Å². The number of carboxylic acid groups (broad SMARTS) is 1. The standard InChI is InChI=1S/C23H36O4/c1-3-4-5-6-7-8-9-10-11-12-16-19-23(2,26)22-20(27-22)17-14-13-15-18-21(24)25/h7-8,10-11,20,22,26H,3-6,9,12-15,17-18H2,1-2H3,(H,24,25)/b8-7-,11-10-. The molecule has 27 heavy (non-hydrogen) atoms. The van der Waals surface area contributed by atoms with Gasteiger partial charge >= 0.3 is 5.97 Å². The molecule has 1 rings (SSSR count). The smallest absolute Gasteiger partial charge is 0.303 e. The quantitative estimate of drug-likeness (QED) is 0.193. The molecule has 1 heterocycles. The first-order valence-corrected chi connectivity index (χ1v) is 10.4. The van der Waals surface area contributed by atoms with Gasteiger partial charge in [-0.2, -0.15) is 0 Å². The molecule has 1 aliphatic rings. The predicted octanol–water partition coefficient (Wildman–Crippen LogP) is 5.02. The van der Waals surface area contributed by atoms with Crippen LogP contribution in [0.5, 0.6) is 0 Å². The van der Waals surface area contributed by atoms with E-state index in [4.69, 9.17) is 9.84 Å². The molecular formula is C23H36O4. The Bertz CT molecular complexity index is 536. The summed E-state index contributed by atoms with van der Waals surface area (Å²) in [5.41, 5.74) is -1.11. The van der Waals surface area contributed by atoms with Gasteiger partial charge in [-0.15, -0.1) is 0 Å². The second-order valence-electron chi connectivity index (χ2n) is 7.42. The van der Waals surface area contributed by atoms with Gasteiger partial charge in [-0.25, -0.2) is 0 Å². The summed E-state index contributed by atoms with van der Waals surface area (Å²) in [5.74, 6) is 5.20. The summed E-state index contributed by atoms with van der Waals surface area (Å²) in [7, 11) is 0. The number of ether oxygens (including phenoxy) is 1. The van der Waals surface area contributed by atoms with E-state index < -0.39 is 11.6 Å².